The molecule has 0 saturated carbocycles. The molecular weight excluding hydrogens is 388 g/mol. The van der Waals surface area contributed by atoms with Crippen LogP contribution in [0.15, 0.2) is 59.6 Å². The number of hydrogen-bond donors (Lipinski definition) is 0. The summed E-state index contributed by atoms with van der Waals surface area (Å²) in [5.41, 5.74) is 2.16. The van der Waals surface area contributed by atoms with E-state index < -0.39 is 11.8 Å². The van der Waals surface area contributed by atoms with Gasteiger partial charge in [-0.2, -0.15) is 4.58 Å². The number of amidine groups is 1. The number of carbonyl (C=O) groups is 2. The van der Waals surface area contributed by atoms with Gasteiger partial charge >= 0.3 is 17.6 Å². The minimum absolute atomic E-state index is 0.0125. The molecule has 2 amide bonds. The average molecular weight is 416 g/mol. The molecule has 3 heterocycles. The Kier molecular flexibility index (Phi) is 5.02. The molecule has 3 aliphatic heterocycles. The van der Waals surface area contributed by atoms with E-state index in [0.29, 0.717) is 5.84 Å². The molecule has 5 rings (SSSR count). The number of hydrogen-bond acceptors (Lipinski definition) is 4. The second-order valence-corrected chi connectivity index (χ2v) is 8.70. The minimum Gasteiger partial charge on any atom is -0.317 e. The average Bonchev–Trinajstić information content (AvgIpc) is 2.78. The number of likely N-dealkylation sites (tertiary alicyclic amines) is 1. The van der Waals surface area contributed by atoms with Gasteiger partial charge in [-0.25, -0.2) is 4.79 Å². The summed E-state index contributed by atoms with van der Waals surface area (Å²) >= 11 is 0. The Hall–Kier alpha value is -3.12. The van der Waals surface area contributed by atoms with E-state index in [9.17, 15) is 9.59 Å². The Morgan fingerprint density at radius 3 is 2.58 bits per heavy atom. The molecule has 0 aromatic heterocycles. The van der Waals surface area contributed by atoms with Gasteiger partial charge in [0.15, 0.2) is 6.04 Å². The fraction of sp³-hybridized carbons (Fsp3) is 0.360. The maximum Gasteiger partial charge on any atom is 0.399 e. The highest BCUT2D eigenvalue weighted by Gasteiger charge is 2.47. The molecule has 6 nitrogen and oxygen atoms in total. The standard InChI is InChI=1S/C25H27N4O2/c1-17-7-10-22-23(26-17)29(25(31)24(30)27(22)2)21-11-13-28(14-12-21)16-18-8-9-19-5-3-4-6-20(19)15-18/h3-10,15,21-22H,11-14,16H2,1-2H3/q+1. The largest absolute Gasteiger partial charge is 0.399 e. The van der Waals surface area contributed by atoms with E-state index in [1.54, 1.807) is 11.6 Å². The zero-order chi connectivity index (χ0) is 21.5. The van der Waals surface area contributed by atoms with Gasteiger partial charge in [-0.15, -0.1) is 0 Å². The molecule has 0 bridgehead atoms. The SMILES string of the molecule is CC1=NC2=[N+](C3CCN(Cc4ccc5ccccc5c4)CC3)C(=O)C(=O)N(C)C2C=C1. The summed E-state index contributed by atoms with van der Waals surface area (Å²) in [6.45, 7) is 4.60. The number of aliphatic imine (C=N–C) groups is 1. The molecule has 6 heteroatoms. The van der Waals surface area contributed by atoms with E-state index in [-0.39, 0.29) is 12.1 Å². The Morgan fingerprint density at radius 2 is 1.81 bits per heavy atom. The van der Waals surface area contributed by atoms with Crippen molar-refractivity contribution in [1.29, 1.82) is 0 Å². The maximum absolute atomic E-state index is 12.9. The second-order valence-electron chi connectivity index (χ2n) is 8.70. The number of piperidine rings is 1. The van der Waals surface area contributed by atoms with Gasteiger partial charge in [0.05, 0.1) is 0 Å². The number of likely N-dealkylation sites (N-methyl/N-ethyl adjacent to an activating group) is 1. The minimum atomic E-state index is -0.452. The van der Waals surface area contributed by atoms with E-state index >= 15 is 0 Å². The molecule has 31 heavy (non-hydrogen) atoms. The summed E-state index contributed by atoms with van der Waals surface area (Å²) in [6.07, 6.45) is 5.55. The van der Waals surface area contributed by atoms with Crippen molar-refractivity contribution in [2.24, 2.45) is 4.99 Å². The molecule has 1 atom stereocenters. The van der Waals surface area contributed by atoms with Crippen LogP contribution < -0.4 is 0 Å². The predicted molar refractivity (Wildman–Crippen MR) is 121 cm³/mol. The second kappa shape index (κ2) is 7.85. The zero-order valence-electron chi connectivity index (χ0n) is 18.0. The van der Waals surface area contributed by atoms with Crippen molar-refractivity contribution in [3.63, 3.8) is 0 Å². The first-order valence-electron chi connectivity index (χ1n) is 10.9. The van der Waals surface area contributed by atoms with Crippen molar-refractivity contribution >= 4 is 34.1 Å². The Morgan fingerprint density at radius 1 is 1.06 bits per heavy atom. The first kappa shape index (κ1) is 19.8. The first-order chi connectivity index (χ1) is 15.0. The van der Waals surface area contributed by atoms with Crippen LogP contribution in [0.5, 0.6) is 0 Å². The van der Waals surface area contributed by atoms with Crippen LogP contribution in [0.1, 0.15) is 25.3 Å². The Balaban J connectivity index is 1.33. The topological polar surface area (TPSA) is 56.0 Å². The van der Waals surface area contributed by atoms with Gasteiger partial charge in [0, 0.05) is 46.4 Å². The van der Waals surface area contributed by atoms with E-state index in [1.807, 2.05) is 19.1 Å². The highest BCUT2D eigenvalue weighted by Crippen LogP contribution is 2.23. The number of dihydropyridines is 1. The van der Waals surface area contributed by atoms with Gasteiger partial charge in [0.1, 0.15) is 11.8 Å². The van der Waals surface area contributed by atoms with Crippen LogP contribution in [0.2, 0.25) is 0 Å². The molecule has 2 aromatic rings. The van der Waals surface area contributed by atoms with Crippen molar-refractivity contribution < 1.29 is 14.2 Å². The van der Waals surface area contributed by atoms with Crippen molar-refractivity contribution in [1.82, 2.24) is 9.80 Å². The summed E-state index contributed by atoms with van der Waals surface area (Å²) in [4.78, 5) is 34.0. The number of benzene rings is 2. The lowest BCUT2D eigenvalue weighted by molar-refractivity contribution is -0.494. The third-order valence-electron chi connectivity index (χ3n) is 6.60. The third kappa shape index (κ3) is 3.61. The summed E-state index contributed by atoms with van der Waals surface area (Å²) in [5.74, 6) is -0.208. The number of nitrogens with zero attached hydrogens (tertiary/aromatic N) is 4. The number of rotatable bonds is 3. The number of amides is 2. The third-order valence-corrected chi connectivity index (χ3v) is 6.60. The van der Waals surface area contributed by atoms with Crippen molar-refractivity contribution in [2.45, 2.75) is 38.4 Å². The van der Waals surface area contributed by atoms with Crippen LogP contribution in [0.4, 0.5) is 0 Å². The van der Waals surface area contributed by atoms with Gasteiger partial charge in [-0.3, -0.25) is 9.69 Å². The van der Waals surface area contributed by atoms with E-state index in [4.69, 9.17) is 0 Å². The molecule has 1 unspecified atom stereocenters. The van der Waals surface area contributed by atoms with E-state index in [0.717, 1.165) is 38.2 Å². The van der Waals surface area contributed by atoms with Gasteiger partial charge < -0.3 is 4.90 Å². The first-order valence-corrected chi connectivity index (χ1v) is 10.9. The van der Waals surface area contributed by atoms with Crippen LogP contribution in [0, 0.1) is 0 Å². The van der Waals surface area contributed by atoms with Gasteiger partial charge in [-0.1, -0.05) is 36.4 Å². The highest BCUT2D eigenvalue weighted by atomic mass is 16.2. The lowest BCUT2D eigenvalue weighted by Gasteiger charge is -2.35. The quantitative estimate of drug-likeness (QED) is 0.572. The lowest BCUT2D eigenvalue weighted by Crippen LogP contribution is -2.59. The molecule has 1 fully saturated rings. The van der Waals surface area contributed by atoms with Crippen molar-refractivity contribution in [3.8, 4) is 0 Å². The molecule has 0 aliphatic carbocycles. The molecular formula is C25H27N4O2+. The predicted octanol–water partition coefficient (Wildman–Crippen LogP) is 2.61. The van der Waals surface area contributed by atoms with Crippen molar-refractivity contribution in [2.75, 3.05) is 20.1 Å². The fourth-order valence-electron chi connectivity index (χ4n) is 4.87. The van der Waals surface area contributed by atoms with Gasteiger partial charge in [0.2, 0.25) is 0 Å². The van der Waals surface area contributed by atoms with Crippen LogP contribution in [-0.4, -0.2) is 70.0 Å². The van der Waals surface area contributed by atoms with Crippen LogP contribution in [-0.2, 0) is 16.1 Å². The number of allylic oxidation sites excluding steroid dienone is 1. The van der Waals surface area contributed by atoms with E-state index in [2.05, 4.69) is 52.4 Å². The van der Waals surface area contributed by atoms with E-state index in [1.165, 1.54) is 21.2 Å². The molecule has 3 aliphatic rings. The summed E-state index contributed by atoms with van der Waals surface area (Å²) in [7, 11) is 1.68. The van der Waals surface area contributed by atoms with Crippen LogP contribution >= 0.6 is 0 Å². The lowest BCUT2D eigenvalue weighted by atomic mass is 10.00. The summed E-state index contributed by atoms with van der Waals surface area (Å²) in [5, 5.41) is 2.52. The van der Waals surface area contributed by atoms with Gasteiger partial charge in [0.25, 0.3) is 0 Å². The maximum atomic E-state index is 12.9. The normalized spacial score (nSPS) is 22.8. The summed E-state index contributed by atoms with van der Waals surface area (Å²) in [6, 6.07) is 14.8. The highest BCUT2D eigenvalue weighted by molar-refractivity contribution is 6.34. The zero-order valence-corrected chi connectivity index (χ0v) is 18.0. The Labute approximate surface area is 182 Å². The van der Waals surface area contributed by atoms with Gasteiger partial charge in [-0.05, 0) is 39.5 Å². The number of carbonyl (C=O) groups excluding carboxylic acids is 2. The molecule has 1 saturated heterocycles. The van der Waals surface area contributed by atoms with Crippen molar-refractivity contribution in [3.05, 3.63) is 60.2 Å². The number of fused-ring (bicyclic) bond motifs is 2. The summed E-state index contributed by atoms with van der Waals surface area (Å²) < 4.78 is 1.69. The smallest absolute Gasteiger partial charge is 0.317 e. The van der Waals surface area contributed by atoms with Crippen LogP contribution in [0.25, 0.3) is 10.8 Å². The molecule has 2 aromatic carbocycles. The molecule has 0 spiro atoms. The Bertz CT molecular complexity index is 1160. The van der Waals surface area contributed by atoms with Crippen LogP contribution in [0.3, 0.4) is 0 Å². The fourth-order valence-corrected chi connectivity index (χ4v) is 4.87. The monoisotopic (exact) mass is 415 g/mol. The molecule has 0 radical (unpaired) electrons. The molecule has 158 valence electrons. The molecule has 0 N–H and O–H groups in total.